The zero-order valence-corrected chi connectivity index (χ0v) is 39.0. The first-order valence-electron chi connectivity index (χ1n) is 25.6. The van der Waals surface area contributed by atoms with Crippen LogP contribution in [0.4, 0.5) is 22.9 Å². The second kappa shape index (κ2) is 16.1. The van der Waals surface area contributed by atoms with Crippen molar-refractivity contribution in [3.63, 3.8) is 0 Å². The van der Waals surface area contributed by atoms with Crippen LogP contribution in [-0.4, -0.2) is 21.1 Å². The number of pyridine rings is 1. The first kappa shape index (κ1) is 33.9. The van der Waals surface area contributed by atoms with Crippen molar-refractivity contribution in [3.05, 3.63) is 221 Å². The van der Waals surface area contributed by atoms with Gasteiger partial charge in [-0.25, -0.2) is 0 Å². The van der Waals surface area contributed by atoms with E-state index in [2.05, 4.69) is 128 Å². The van der Waals surface area contributed by atoms with Gasteiger partial charge in [0.15, 0.2) is 0 Å². The Bertz CT molecular complexity index is 3970. The van der Waals surface area contributed by atoms with Gasteiger partial charge < -0.3 is 0 Å². The van der Waals surface area contributed by atoms with Gasteiger partial charge in [0.05, 0.1) is 5.48 Å². The van der Waals surface area contributed by atoms with Gasteiger partial charge in [0.1, 0.15) is 0 Å². The standard InChI is InChI=1S/C59H44BN5O.Pt/c1-40-32-37-44(62-39-63(52-27-13-12-26-51(52)62)58-45(41-18-6-5-7-19-41)22-16-23-46(58)42-33-35-43(36-34-42)59(2,3)4)38-55(40)66-57-31-17-30-56(61-57)65-54-29-15-14-28-53(54)64-50-25-11-9-21-48(50)47-20-8-10-24-49(47)60(64)65;/h5-28,30-37H,1-4H3;/q-2;/i1D3,9D,11D,21D,25D;. The Labute approximate surface area is 412 Å². The molecule has 8 heteroatoms. The molecule has 326 valence electrons. The Morgan fingerprint density at radius 2 is 1.34 bits per heavy atom. The van der Waals surface area contributed by atoms with Crippen LogP contribution in [0.15, 0.2) is 194 Å². The third kappa shape index (κ3) is 6.83. The molecule has 10 aromatic rings. The fourth-order valence-electron chi connectivity index (χ4n) is 9.51. The van der Waals surface area contributed by atoms with E-state index < -0.39 is 13.8 Å². The van der Waals surface area contributed by atoms with Crippen LogP contribution in [0, 0.1) is 22.8 Å². The number of hydrogen-bond acceptors (Lipinski definition) is 4. The molecule has 0 unspecified atom stereocenters. The molecule has 0 saturated heterocycles. The first-order chi connectivity index (χ1) is 35.6. The summed E-state index contributed by atoms with van der Waals surface area (Å²) in [5, 5.41) is 0. The van der Waals surface area contributed by atoms with Gasteiger partial charge >= 0.3 is 325 Å². The molecule has 2 aliphatic heterocycles. The van der Waals surface area contributed by atoms with Crippen molar-refractivity contribution in [3.8, 4) is 56.4 Å². The maximum atomic E-state index is 9.19. The number of nitrogens with zero attached hydrogens (tertiary/aromatic N) is 5. The number of hydrogen-bond donors (Lipinski definition) is 0. The van der Waals surface area contributed by atoms with Gasteiger partial charge in [-0.15, -0.1) is 6.07 Å². The number of benzene rings is 8. The molecule has 12 rings (SSSR count). The molecule has 4 heterocycles. The molecule has 0 amide bonds. The average molecular weight is 1050 g/mol. The Balaban J connectivity index is 0.996. The summed E-state index contributed by atoms with van der Waals surface area (Å²) in [7, 11) is 0. The van der Waals surface area contributed by atoms with Gasteiger partial charge in [-0.1, -0.05) is 42.4 Å². The van der Waals surface area contributed by atoms with Crippen molar-refractivity contribution in [2.75, 3.05) is 9.62 Å². The van der Waals surface area contributed by atoms with Gasteiger partial charge in [-0.2, -0.15) is 12.1 Å². The summed E-state index contributed by atoms with van der Waals surface area (Å²) in [6.45, 7) is 3.44. The third-order valence-electron chi connectivity index (χ3n) is 12.6. The minimum Gasteiger partial charge on any atom is -0.175 e. The van der Waals surface area contributed by atoms with Gasteiger partial charge in [-0.05, 0) is 11.6 Å². The van der Waals surface area contributed by atoms with E-state index in [1.54, 1.807) is 30.3 Å². The number of anilines is 4. The first-order valence-corrected chi connectivity index (χ1v) is 23.2. The Morgan fingerprint density at radius 1 is 0.642 bits per heavy atom. The molecule has 2 aromatic heterocycles. The zero-order chi connectivity index (χ0) is 51.4. The molecule has 0 N–H and O–H groups in total. The predicted octanol–water partition coefficient (Wildman–Crippen LogP) is 13.9. The topological polar surface area (TPSA) is 38.5 Å². The van der Waals surface area contributed by atoms with Crippen LogP contribution in [0.2, 0.25) is 0 Å². The van der Waals surface area contributed by atoms with Gasteiger partial charge in [0.2, 0.25) is 0 Å². The molecule has 0 radical (unpaired) electrons. The number of para-hydroxylation sites is 5. The van der Waals surface area contributed by atoms with Gasteiger partial charge in [0, 0.05) is 11.3 Å². The monoisotopic (exact) mass is 1050 g/mol. The summed E-state index contributed by atoms with van der Waals surface area (Å²) in [5.41, 5.74) is 12.3. The smallest absolute Gasteiger partial charge is 0.175 e. The van der Waals surface area contributed by atoms with Crippen molar-refractivity contribution < 1.29 is 33.7 Å². The van der Waals surface area contributed by atoms with Crippen molar-refractivity contribution in [1.82, 2.24) is 14.1 Å². The summed E-state index contributed by atoms with van der Waals surface area (Å²) in [6.07, 6.45) is 0. The molecule has 0 spiro atoms. The molecule has 0 aliphatic carbocycles. The van der Waals surface area contributed by atoms with Gasteiger partial charge in [0.25, 0.3) is 0 Å². The molecule has 0 atom stereocenters. The number of aromatic nitrogens is 3. The minimum absolute atomic E-state index is 0.0141. The molecule has 67 heavy (non-hydrogen) atoms. The number of ether oxygens (including phenoxy) is 1. The van der Waals surface area contributed by atoms with Crippen molar-refractivity contribution in [2.45, 2.75) is 33.0 Å². The Kier molecular flexibility index (Phi) is 8.18. The minimum atomic E-state index is -2.58. The summed E-state index contributed by atoms with van der Waals surface area (Å²) in [6, 6.07) is 61.5. The van der Waals surface area contributed by atoms with E-state index in [9.17, 15) is 1.37 Å². The summed E-state index contributed by atoms with van der Waals surface area (Å²) >= 11 is 2.36. The second-order valence-corrected chi connectivity index (χ2v) is 18.7. The molecular weight excluding hydrogens is 1000 g/mol. The quantitative estimate of drug-likeness (QED) is 0.118. The summed E-state index contributed by atoms with van der Waals surface area (Å²) < 4.78 is 73.4. The second-order valence-electron chi connectivity index (χ2n) is 17.6. The van der Waals surface area contributed by atoms with Crippen molar-refractivity contribution in [1.29, 1.82) is 0 Å². The van der Waals surface area contributed by atoms with E-state index in [0.29, 0.717) is 39.7 Å². The fourth-order valence-corrected chi connectivity index (χ4v) is 10.6. The fraction of sp³-hybridized carbons (Fsp3) is 0.0847. The van der Waals surface area contributed by atoms with Crippen LogP contribution in [0.5, 0.6) is 11.6 Å². The van der Waals surface area contributed by atoms with Crippen LogP contribution in [-0.2, 0) is 24.8 Å². The third-order valence-corrected chi connectivity index (χ3v) is 13.6. The van der Waals surface area contributed by atoms with Crippen LogP contribution < -0.4 is 19.8 Å². The van der Waals surface area contributed by atoms with E-state index in [1.165, 1.54) is 5.56 Å². The number of imidazole rings is 1. The van der Waals surface area contributed by atoms with E-state index in [-0.39, 0.29) is 46.8 Å². The molecule has 8 aromatic carbocycles. The molecule has 6 nitrogen and oxygen atoms in total. The number of fused-ring (bicyclic) bond motifs is 9. The molecule has 0 saturated carbocycles. The van der Waals surface area contributed by atoms with E-state index in [0.717, 1.165) is 48.2 Å². The number of rotatable bonds is 7. The van der Waals surface area contributed by atoms with Crippen LogP contribution in [0.1, 0.15) is 41.5 Å². The molecule has 0 fully saturated rings. The number of aryl methyl sites for hydroxylation is 1. The van der Waals surface area contributed by atoms with Crippen LogP contribution in [0.25, 0.3) is 55.8 Å². The van der Waals surface area contributed by atoms with Crippen LogP contribution in [0.3, 0.4) is 0 Å². The summed E-state index contributed by atoms with van der Waals surface area (Å²) in [5.74, 6) is 0.544. The molecule has 0 bridgehead atoms. The van der Waals surface area contributed by atoms with E-state index in [1.807, 2.05) is 82.4 Å². The zero-order valence-electron chi connectivity index (χ0n) is 43.7. The van der Waals surface area contributed by atoms with Crippen molar-refractivity contribution in [2.24, 2.45) is 0 Å². The predicted molar refractivity (Wildman–Crippen MR) is 270 cm³/mol. The normalized spacial score (nSPS) is 14.5. The van der Waals surface area contributed by atoms with Gasteiger partial charge in [-0.3, -0.25) is 0 Å². The Hall–Kier alpha value is -7.47. The summed E-state index contributed by atoms with van der Waals surface area (Å²) in [4.78, 5) is 8.97. The maximum absolute atomic E-state index is 9.19. The van der Waals surface area contributed by atoms with E-state index in [4.69, 9.17) is 17.9 Å². The Morgan fingerprint density at radius 3 is 2.13 bits per heavy atom. The SMILES string of the molecule is [2H]c1c([2H])c([2H])c2c(c1[2H])-c1ccccc1B1N(c3cccc(Oc4[c-]c(-n5[c](=[Pt])n(-c6c(-c7ccccc7)cccc6-c6ccc(C(C)(C)C)cc6)c6ccccc65)ccc4C([2H])([2H])[2H])n3)c3[c-]cccc3N12. The van der Waals surface area contributed by atoms with E-state index >= 15 is 0 Å². The molecular formula is C59H44BN5OPt-2. The average Bonchev–Trinajstić information content (AvgIpc) is 3.93. The van der Waals surface area contributed by atoms with Crippen molar-refractivity contribution >= 4 is 46.4 Å². The van der Waals surface area contributed by atoms with Crippen LogP contribution >= 0.6 is 0 Å². The molecule has 2 aliphatic rings.